The normalized spacial score (nSPS) is 13.7. The first kappa shape index (κ1) is 34.1. The minimum atomic E-state index is -2.37. The van der Waals surface area contributed by atoms with E-state index in [0.717, 1.165) is 12.8 Å². The second-order valence-corrected chi connectivity index (χ2v) is 11.4. The molecule has 0 radical (unpaired) electrons. The highest BCUT2D eigenvalue weighted by molar-refractivity contribution is 7.25. The molecule has 3 aromatic rings. The number of hydrogen-bond acceptors (Lipinski definition) is 6. The van der Waals surface area contributed by atoms with Gasteiger partial charge in [0.2, 0.25) is 5.91 Å². The first-order valence-electron chi connectivity index (χ1n) is 14.5. The zero-order valence-electron chi connectivity index (χ0n) is 24.8. The summed E-state index contributed by atoms with van der Waals surface area (Å²) in [6.07, 6.45) is 0.321. The third-order valence-electron chi connectivity index (χ3n) is 7.11. The van der Waals surface area contributed by atoms with E-state index in [1.807, 2.05) is 13.8 Å². The highest BCUT2D eigenvalue weighted by atomic mass is 31.1. The van der Waals surface area contributed by atoms with E-state index in [9.17, 15) is 34.0 Å². The largest absolute Gasteiger partial charge is 0.481 e. The van der Waals surface area contributed by atoms with Crippen LogP contribution in [0, 0.1) is 5.92 Å². The Labute approximate surface area is 258 Å². The lowest BCUT2D eigenvalue weighted by Gasteiger charge is -2.32. The number of aliphatic hydroxyl groups is 1. The molecule has 3 aromatic carbocycles. The van der Waals surface area contributed by atoms with Gasteiger partial charge in [-0.2, -0.15) is 0 Å². The lowest BCUT2D eigenvalue weighted by Crippen LogP contribution is -2.45. The van der Waals surface area contributed by atoms with Crippen molar-refractivity contribution < 1.29 is 34.0 Å². The molecule has 0 aliphatic carbocycles. The average Bonchev–Trinajstić information content (AvgIpc) is 3.03. The van der Waals surface area contributed by atoms with Crippen LogP contribution in [-0.2, 0) is 14.2 Å². The van der Waals surface area contributed by atoms with Gasteiger partial charge in [0.05, 0.1) is 18.4 Å². The number of rotatable bonds is 16. The summed E-state index contributed by atoms with van der Waals surface area (Å²) in [6, 6.07) is 22.2. The summed E-state index contributed by atoms with van der Waals surface area (Å²) in [5.41, 5.74) is 1.45. The summed E-state index contributed by atoms with van der Waals surface area (Å²) in [6.45, 7) is 5.14. The molecule has 11 heteroatoms. The van der Waals surface area contributed by atoms with E-state index >= 15 is 0 Å². The number of amides is 3. The van der Waals surface area contributed by atoms with Crippen LogP contribution < -0.4 is 10.6 Å². The Hall–Kier alpha value is -4.40. The number of benzene rings is 3. The van der Waals surface area contributed by atoms with Crippen molar-refractivity contribution in [3.05, 3.63) is 102 Å². The molecule has 3 amide bonds. The van der Waals surface area contributed by atoms with Gasteiger partial charge in [0.25, 0.3) is 11.8 Å². The number of carboxylic acid groups (broad SMARTS) is 1. The summed E-state index contributed by atoms with van der Waals surface area (Å²) in [5.74, 6) is -4.60. The number of carbonyl (C=O) groups excluding carboxylic acids is 3. The maximum atomic E-state index is 13.5. The molecule has 3 rings (SSSR count). The van der Waals surface area contributed by atoms with Crippen LogP contribution in [0.4, 0.5) is 5.69 Å². The quantitative estimate of drug-likeness (QED) is 0.154. The lowest BCUT2D eigenvalue weighted by molar-refractivity contribution is -0.143. The van der Waals surface area contributed by atoms with Crippen molar-refractivity contribution in [2.45, 2.75) is 50.9 Å². The highest BCUT2D eigenvalue weighted by Crippen LogP contribution is 2.40. The molecule has 4 N–H and O–H groups in total. The van der Waals surface area contributed by atoms with Gasteiger partial charge in [0.1, 0.15) is 0 Å². The van der Waals surface area contributed by atoms with E-state index in [4.69, 9.17) is 0 Å². The van der Waals surface area contributed by atoms with Crippen molar-refractivity contribution in [3.63, 3.8) is 0 Å². The molecular weight excluding hydrogens is 581 g/mol. The maximum Gasteiger partial charge on any atom is 0.304 e. The Morgan fingerprint density at radius 1 is 0.864 bits per heavy atom. The fourth-order valence-electron chi connectivity index (χ4n) is 4.95. The van der Waals surface area contributed by atoms with Gasteiger partial charge >= 0.3 is 5.97 Å². The summed E-state index contributed by atoms with van der Waals surface area (Å²) in [4.78, 5) is 53.5. The van der Waals surface area contributed by atoms with Gasteiger partial charge in [-0.15, -0.1) is 0 Å². The summed E-state index contributed by atoms with van der Waals surface area (Å²) < 4.78 is 12.5. The molecule has 10 nitrogen and oxygen atoms in total. The first-order chi connectivity index (χ1) is 21.1. The van der Waals surface area contributed by atoms with Gasteiger partial charge in [-0.3, -0.25) is 23.7 Å². The van der Waals surface area contributed by atoms with Crippen LogP contribution >= 0.6 is 8.46 Å². The van der Waals surface area contributed by atoms with Crippen molar-refractivity contribution in [3.8, 4) is 0 Å². The predicted octanol–water partition coefficient (Wildman–Crippen LogP) is 5.52. The molecule has 0 bridgehead atoms. The van der Waals surface area contributed by atoms with Gasteiger partial charge in [0, 0.05) is 36.3 Å². The molecule has 3 unspecified atom stereocenters. The van der Waals surface area contributed by atoms with Crippen LogP contribution in [0.25, 0.3) is 0 Å². The minimum Gasteiger partial charge on any atom is -0.481 e. The van der Waals surface area contributed by atoms with Crippen LogP contribution in [0.3, 0.4) is 0 Å². The number of carboxylic acids is 1. The fourth-order valence-corrected chi connectivity index (χ4v) is 5.54. The summed E-state index contributed by atoms with van der Waals surface area (Å²) in [7, 11) is -0.894. The van der Waals surface area contributed by atoms with Gasteiger partial charge in [-0.1, -0.05) is 68.4 Å². The molecule has 0 spiro atoms. The summed E-state index contributed by atoms with van der Waals surface area (Å²) >= 11 is 0. The van der Waals surface area contributed by atoms with Crippen LogP contribution in [-0.4, -0.2) is 57.2 Å². The molecule has 3 atom stereocenters. The number of carbonyl (C=O) groups is 4. The van der Waals surface area contributed by atoms with E-state index in [1.54, 1.807) is 83.8 Å². The van der Waals surface area contributed by atoms with Crippen molar-refractivity contribution in [1.29, 1.82) is 0 Å². The summed E-state index contributed by atoms with van der Waals surface area (Å²) in [5, 5.41) is 24.3. The second kappa shape index (κ2) is 16.4. The predicted molar refractivity (Wildman–Crippen MR) is 168 cm³/mol. The Bertz CT molecular complexity index is 1430. The smallest absolute Gasteiger partial charge is 0.304 e. The Morgan fingerprint density at radius 3 is 2.02 bits per heavy atom. The van der Waals surface area contributed by atoms with Crippen LogP contribution in [0.15, 0.2) is 84.9 Å². The zero-order chi connectivity index (χ0) is 32.1. The van der Waals surface area contributed by atoms with Gasteiger partial charge in [-0.25, -0.2) is 0 Å². The van der Waals surface area contributed by atoms with Crippen LogP contribution in [0.5, 0.6) is 0 Å². The second-order valence-electron chi connectivity index (χ2n) is 10.5. The molecule has 0 aromatic heterocycles. The van der Waals surface area contributed by atoms with Gasteiger partial charge in [-0.05, 0) is 48.7 Å². The fraction of sp³-hybridized carbons (Fsp3) is 0.333. The minimum absolute atomic E-state index is 0.191. The number of nitrogens with one attached hydrogen (secondary N) is 2. The average molecular weight is 620 g/mol. The number of nitrogens with zero attached hydrogens (tertiary/aromatic N) is 1. The third kappa shape index (κ3) is 9.30. The molecule has 0 heterocycles. The van der Waals surface area contributed by atoms with Gasteiger partial charge in [0.15, 0.2) is 13.8 Å². The van der Waals surface area contributed by atoms with E-state index in [2.05, 4.69) is 10.6 Å². The van der Waals surface area contributed by atoms with E-state index in [1.165, 1.54) is 6.07 Å². The molecule has 0 aliphatic rings. The molecular formula is C33H38N3O7P. The standard InChI is InChI=1S/C33H38N3O7P/c1-3-18-36(19-4-2)32(41)25-15-11-14-24(20-25)30(39)35-28(23-12-7-5-8-13-23)22-33(42,44-43)27(21-29(37)38)31(40)34-26-16-9-6-10-17-26/h5-17,20,27-28,42H,3-4,18-19,21-22H2,1-2H3,(H,34,40)(H,35,39)(H,37,38). The Morgan fingerprint density at radius 2 is 1.45 bits per heavy atom. The van der Waals surface area contributed by atoms with Crippen LogP contribution in [0.2, 0.25) is 0 Å². The lowest BCUT2D eigenvalue weighted by atomic mass is 9.89. The third-order valence-corrected chi connectivity index (χ3v) is 7.92. The number of hydrogen-bond donors (Lipinski definition) is 4. The van der Waals surface area contributed by atoms with E-state index in [-0.39, 0.29) is 11.5 Å². The number of aliphatic carboxylic acids is 1. The monoisotopic (exact) mass is 619 g/mol. The molecule has 0 aliphatic heterocycles. The first-order valence-corrected chi connectivity index (χ1v) is 15.3. The topological polar surface area (TPSA) is 153 Å². The highest BCUT2D eigenvalue weighted by Gasteiger charge is 2.46. The van der Waals surface area contributed by atoms with Crippen molar-refractivity contribution in [1.82, 2.24) is 10.2 Å². The molecule has 0 fully saturated rings. The molecule has 0 saturated heterocycles. The zero-order valence-corrected chi connectivity index (χ0v) is 25.7. The van der Waals surface area contributed by atoms with Crippen molar-refractivity contribution in [2.24, 2.45) is 5.92 Å². The Balaban J connectivity index is 1.92. The molecule has 232 valence electrons. The van der Waals surface area contributed by atoms with E-state index < -0.39 is 56.4 Å². The van der Waals surface area contributed by atoms with Gasteiger partial charge < -0.3 is 25.7 Å². The van der Waals surface area contributed by atoms with E-state index in [0.29, 0.717) is 29.9 Å². The van der Waals surface area contributed by atoms with Crippen molar-refractivity contribution in [2.75, 3.05) is 18.4 Å². The molecule has 44 heavy (non-hydrogen) atoms. The Kier molecular flexibility index (Phi) is 12.7. The number of para-hydroxylation sites is 1. The van der Waals surface area contributed by atoms with Crippen LogP contribution in [0.1, 0.15) is 71.9 Å². The van der Waals surface area contributed by atoms with Crippen molar-refractivity contribution >= 4 is 37.8 Å². The SMILES string of the molecule is CCCN(CCC)C(=O)c1cccc(C(=O)NC(CC(O)(P=O)C(CC(=O)O)C(=O)Nc2ccccc2)c2ccccc2)c1. The maximum absolute atomic E-state index is 13.5. The molecule has 0 saturated carbocycles. The number of anilines is 1.